The molecule has 1 aromatic rings. The lowest BCUT2D eigenvalue weighted by Gasteiger charge is -2.13. The molecule has 0 aliphatic carbocycles. The third-order valence-corrected chi connectivity index (χ3v) is 5.19. The van der Waals surface area contributed by atoms with Crippen LogP contribution in [0, 0.1) is 17.2 Å². The first-order valence-corrected chi connectivity index (χ1v) is 8.54. The van der Waals surface area contributed by atoms with Crippen molar-refractivity contribution in [1.29, 1.82) is 5.26 Å². The second-order valence-electron chi connectivity index (χ2n) is 5.36. The summed E-state index contributed by atoms with van der Waals surface area (Å²) in [7, 11) is -4.04. The van der Waals surface area contributed by atoms with Crippen LogP contribution in [0.15, 0.2) is 23.1 Å². The zero-order valence-corrected chi connectivity index (χ0v) is 13.0. The molecule has 0 amide bonds. The molecule has 1 unspecified atom stereocenters. The first-order valence-electron chi connectivity index (χ1n) is 7.06. The molecule has 1 saturated heterocycles. The van der Waals surface area contributed by atoms with Crippen LogP contribution in [0.1, 0.15) is 24.0 Å². The molecule has 0 bridgehead atoms. The molecule has 2 rings (SSSR count). The lowest BCUT2D eigenvalue weighted by Crippen LogP contribution is -2.27. The maximum Gasteiger partial charge on any atom is 0.417 e. The number of rotatable bonds is 5. The van der Waals surface area contributed by atoms with Gasteiger partial charge >= 0.3 is 6.18 Å². The van der Waals surface area contributed by atoms with Crippen molar-refractivity contribution < 1.29 is 21.6 Å². The summed E-state index contributed by atoms with van der Waals surface area (Å²) < 4.78 is 65.2. The quantitative estimate of drug-likeness (QED) is 0.852. The van der Waals surface area contributed by atoms with Gasteiger partial charge in [-0.25, -0.2) is 13.1 Å². The van der Waals surface area contributed by atoms with Crippen molar-refractivity contribution >= 4 is 10.0 Å². The van der Waals surface area contributed by atoms with Gasteiger partial charge in [0, 0.05) is 6.54 Å². The second kappa shape index (κ2) is 6.86. The minimum atomic E-state index is -4.79. The van der Waals surface area contributed by atoms with Gasteiger partial charge in [-0.15, -0.1) is 0 Å². The molecular formula is C14H16F3N3O2S. The maximum atomic E-state index is 12.9. The number of halogens is 3. The normalized spacial score (nSPS) is 18.8. The number of hydrogen-bond acceptors (Lipinski definition) is 4. The Morgan fingerprint density at radius 2 is 2.13 bits per heavy atom. The third kappa shape index (κ3) is 4.43. The number of hydrogen-bond donors (Lipinski definition) is 2. The highest BCUT2D eigenvalue weighted by atomic mass is 32.2. The highest BCUT2D eigenvalue weighted by Gasteiger charge is 2.35. The average molecular weight is 347 g/mol. The molecule has 9 heteroatoms. The predicted molar refractivity (Wildman–Crippen MR) is 76.9 cm³/mol. The Morgan fingerprint density at radius 1 is 1.39 bits per heavy atom. The average Bonchev–Trinajstić information content (AvgIpc) is 2.98. The molecule has 1 atom stereocenters. The predicted octanol–water partition coefficient (Wildman–Crippen LogP) is 1.85. The van der Waals surface area contributed by atoms with E-state index >= 15 is 0 Å². The summed E-state index contributed by atoms with van der Waals surface area (Å²) in [5.74, 6) is 0.365. The van der Waals surface area contributed by atoms with E-state index in [2.05, 4.69) is 10.0 Å². The minimum absolute atomic E-state index is 0.163. The highest BCUT2D eigenvalue weighted by molar-refractivity contribution is 7.89. The second-order valence-corrected chi connectivity index (χ2v) is 7.13. The summed E-state index contributed by atoms with van der Waals surface area (Å²) in [6.07, 6.45) is -3.21. The van der Waals surface area contributed by atoms with Gasteiger partial charge in [0.15, 0.2) is 0 Å². The summed E-state index contributed by atoms with van der Waals surface area (Å²) in [6, 6.07) is 3.80. The zero-order chi connectivity index (χ0) is 17.1. The van der Waals surface area contributed by atoms with Crippen LogP contribution >= 0.6 is 0 Å². The molecule has 0 radical (unpaired) electrons. The lowest BCUT2D eigenvalue weighted by atomic mass is 10.1. The Balaban J connectivity index is 2.14. The van der Waals surface area contributed by atoms with Crippen molar-refractivity contribution in [3.05, 3.63) is 29.3 Å². The summed E-state index contributed by atoms with van der Waals surface area (Å²) >= 11 is 0. The van der Waals surface area contributed by atoms with Gasteiger partial charge in [-0.3, -0.25) is 0 Å². The van der Waals surface area contributed by atoms with E-state index in [0.29, 0.717) is 18.4 Å². The van der Waals surface area contributed by atoms with Gasteiger partial charge in [0.25, 0.3) is 0 Å². The van der Waals surface area contributed by atoms with Crippen LogP contribution in [0.4, 0.5) is 13.2 Å². The van der Waals surface area contributed by atoms with Gasteiger partial charge in [0.05, 0.1) is 22.1 Å². The monoisotopic (exact) mass is 347 g/mol. The standard InChI is InChI=1S/C14H16F3N3O2S/c15-14(16,17)13-7-12(2-1-11(13)8-18)23(21,22)20-6-4-10-3-5-19-9-10/h1-2,7,10,19-20H,3-6,9H2. The van der Waals surface area contributed by atoms with Gasteiger partial charge in [-0.05, 0) is 50.0 Å². The van der Waals surface area contributed by atoms with Crippen LogP contribution in [0.25, 0.3) is 0 Å². The number of nitriles is 1. The van der Waals surface area contributed by atoms with Gasteiger partial charge in [-0.1, -0.05) is 0 Å². The van der Waals surface area contributed by atoms with Crippen LogP contribution in [0.3, 0.4) is 0 Å². The van der Waals surface area contributed by atoms with E-state index in [1.54, 1.807) is 0 Å². The Morgan fingerprint density at radius 3 is 2.70 bits per heavy atom. The number of alkyl halides is 3. The van der Waals surface area contributed by atoms with Crippen LogP contribution in [-0.4, -0.2) is 28.1 Å². The van der Waals surface area contributed by atoms with E-state index in [9.17, 15) is 21.6 Å². The van der Waals surface area contributed by atoms with Crippen molar-refractivity contribution in [2.45, 2.75) is 23.9 Å². The van der Waals surface area contributed by atoms with Crippen LogP contribution < -0.4 is 10.0 Å². The molecular weight excluding hydrogens is 331 g/mol. The largest absolute Gasteiger partial charge is 0.417 e. The molecule has 1 aliphatic rings. The van der Waals surface area contributed by atoms with Gasteiger partial charge < -0.3 is 5.32 Å². The Labute approximate surface area is 132 Å². The van der Waals surface area contributed by atoms with E-state index in [4.69, 9.17) is 5.26 Å². The molecule has 126 valence electrons. The first kappa shape index (κ1) is 17.7. The molecule has 0 aromatic heterocycles. The van der Waals surface area contributed by atoms with Crippen LogP contribution in [0.2, 0.25) is 0 Å². The zero-order valence-electron chi connectivity index (χ0n) is 12.2. The fourth-order valence-corrected chi connectivity index (χ4v) is 3.54. The van der Waals surface area contributed by atoms with E-state index in [1.807, 2.05) is 0 Å². The van der Waals surface area contributed by atoms with E-state index in [-0.39, 0.29) is 6.54 Å². The van der Waals surface area contributed by atoms with Crippen molar-refractivity contribution in [1.82, 2.24) is 10.0 Å². The summed E-state index contributed by atoms with van der Waals surface area (Å²) in [6.45, 7) is 1.87. The third-order valence-electron chi connectivity index (χ3n) is 3.73. The minimum Gasteiger partial charge on any atom is -0.316 e. The van der Waals surface area contributed by atoms with Crippen molar-refractivity contribution in [3.63, 3.8) is 0 Å². The fraction of sp³-hybridized carbons (Fsp3) is 0.500. The summed E-state index contributed by atoms with van der Waals surface area (Å²) in [5, 5.41) is 11.9. The van der Waals surface area contributed by atoms with Gasteiger partial charge in [-0.2, -0.15) is 18.4 Å². The molecule has 1 fully saturated rings. The molecule has 0 saturated carbocycles. The number of sulfonamides is 1. The molecule has 23 heavy (non-hydrogen) atoms. The molecule has 1 aromatic carbocycles. The van der Waals surface area contributed by atoms with Gasteiger partial charge in [0.1, 0.15) is 0 Å². The van der Waals surface area contributed by atoms with Crippen molar-refractivity contribution in [3.8, 4) is 6.07 Å². The van der Waals surface area contributed by atoms with E-state index in [0.717, 1.165) is 31.6 Å². The molecule has 0 spiro atoms. The summed E-state index contributed by atoms with van der Waals surface area (Å²) in [5.41, 5.74) is -1.85. The Kier molecular flexibility index (Phi) is 5.29. The number of nitrogens with zero attached hydrogens (tertiary/aromatic N) is 1. The smallest absolute Gasteiger partial charge is 0.316 e. The first-order chi connectivity index (χ1) is 10.7. The highest BCUT2D eigenvalue weighted by Crippen LogP contribution is 2.33. The Bertz CT molecular complexity index is 705. The SMILES string of the molecule is N#Cc1ccc(S(=O)(=O)NCCC2CCNC2)cc1C(F)(F)F. The Hall–Kier alpha value is -1.63. The molecule has 2 N–H and O–H groups in total. The number of nitrogens with one attached hydrogen (secondary N) is 2. The van der Waals surface area contributed by atoms with Crippen molar-refractivity contribution in [2.75, 3.05) is 19.6 Å². The van der Waals surface area contributed by atoms with E-state index in [1.165, 1.54) is 6.07 Å². The number of benzene rings is 1. The molecule has 5 nitrogen and oxygen atoms in total. The topological polar surface area (TPSA) is 82.0 Å². The van der Waals surface area contributed by atoms with Crippen LogP contribution in [-0.2, 0) is 16.2 Å². The lowest BCUT2D eigenvalue weighted by molar-refractivity contribution is -0.137. The maximum absolute atomic E-state index is 12.9. The van der Waals surface area contributed by atoms with Gasteiger partial charge in [0.2, 0.25) is 10.0 Å². The molecule has 1 aliphatic heterocycles. The van der Waals surface area contributed by atoms with Crippen LogP contribution in [0.5, 0.6) is 0 Å². The molecule has 1 heterocycles. The van der Waals surface area contributed by atoms with Crippen molar-refractivity contribution in [2.24, 2.45) is 5.92 Å². The fourth-order valence-electron chi connectivity index (χ4n) is 2.46. The van der Waals surface area contributed by atoms with E-state index < -0.39 is 32.2 Å². The summed E-state index contributed by atoms with van der Waals surface area (Å²) in [4.78, 5) is -0.492.